The van der Waals surface area contributed by atoms with Crippen molar-refractivity contribution in [3.63, 3.8) is 0 Å². The van der Waals surface area contributed by atoms with Gasteiger partial charge in [0.15, 0.2) is 0 Å². The fourth-order valence-corrected chi connectivity index (χ4v) is 4.84. The van der Waals surface area contributed by atoms with Crippen molar-refractivity contribution in [2.75, 3.05) is 31.0 Å². The summed E-state index contributed by atoms with van der Waals surface area (Å²) in [7, 11) is -3.74. The molecule has 7 nitrogen and oxygen atoms in total. The maximum absolute atomic E-state index is 12.7. The smallest absolute Gasteiger partial charge is 0.261 e. The van der Waals surface area contributed by atoms with E-state index in [1.807, 2.05) is 19.1 Å². The van der Waals surface area contributed by atoms with E-state index in [1.54, 1.807) is 42.5 Å². The molecule has 0 bridgehead atoms. The van der Waals surface area contributed by atoms with Crippen LogP contribution in [-0.4, -0.2) is 45.5 Å². The summed E-state index contributed by atoms with van der Waals surface area (Å²) in [6, 6.07) is 21.2. The molecular weight excluding hydrogens is 450 g/mol. The van der Waals surface area contributed by atoms with Crippen molar-refractivity contribution < 1.29 is 17.9 Å². The number of rotatable bonds is 8. The number of benzene rings is 3. The maximum atomic E-state index is 12.7. The van der Waals surface area contributed by atoms with Crippen molar-refractivity contribution in [1.82, 2.24) is 10.2 Å². The number of anilines is 1. The first kappa shape index (κ1) is 23.9. The molecule has 1 heterocycles. The number of hydrogen-bond donors (Lipinski definition) is 2. The van der Waals surface area contributed by atoms with E-state index >= 15 is 0 Å². The molecule has 3 aromatic rings. The van der Waals surface area contributed by atoms with Gasteiger partial charge in [0.05, 0.1) is 18.1 Å². The van der Waals surface area contributed by atoms with E-state index < -0.39 is 10.0 Å². The van der Waals surface area contributed by atoms with Gasteiger partial charge in [0.1, 0.15) is 0 Å². The van der Waals surface area contributed by atoms with Gasteiger partial charge in [-0.2, -0.15) is 0 Å². The fraction of sp³-hybridized carbons (Fsp3) is 0.269. The Balaban J connectivity index is 1.37. The van der Waals surface area contributed by atoms with Crippen molar-refractivity contribution in [2.45, 2.75) is 24.9 Å². The van der Waals surface area contributed by atoms with Gasteiger partial charge in [-0.25, -0.2) is 8.42 Å². The lowest BCUT2D eigenvalue weighted by Crippen LogP contribution is -2.35. The van der Waals surface area contributed by atoms with Gasteiger partial charge < -0.3 is 10.1 Å². The van der Waals surface area contributed by atoms with Crippen LogP contribution in [-0.2, 0) is 27.8 Å². The SMILES string of the molecule is Cc1ccc(S(=O)(=O)Nc2cccc(C(=O)NCc3cccc(CN4CCOCC4)c3)c2)cc1. The summed E-state index contributed by atoms with van der Waals surface area (Å²) in [5.74, 6) is -0.269. The molecule has 3 aromatic carbocycles. The highest BCUT2D eigenvalue weighted by atomic mass is 32.2. The zero-order valence-electron chi connectivity index (χ0n) is 19.2. The van der Waals surface area contributed by atoms with E-state index in [9.17, 15) is 13.2 Å². The summed E-state index contributed by atoms with van der Waals surface area (Å²) in [5, 5.41) is 2.92. The van der Waals surface area contributed by atoms with Gasteiger partial charge >= 0.3 is 0 Å². The number of carbonyl (C=O) groups is 1. The van der Waals surface area contributed by atoms with Gasteiger partial charge in [-0.1, -0.05) is 48.0 Å². The molecule has 4 rings (SSSR count). The summed E-state index contributed by atoms with van der Waals surface area (Å²) in [5.41, 5.74) is 3.90. The van der Waals surface area contributed by atoms with Crippen molar-refractivity contribution in [3.8, 4) is 0 Å². The van der Waals surface area contributed by atoms with E-state index in [1.165, 1.54) is 11.6 Å². The van der Waals surface area contributed by atoms with E-state index in [0.717, 1.165) is 44.0 Å². The number of ether oxygens (including phenoxy) is 1. The molecule has 1 aliphatic heterocycles. The van der Waals surface area contributed by atoms with Gasteiger partial charge in [0.2, 0.25) is 0 Å². The lowest BCUT2D eigenvalue weighted by molar-refractivity contribution is 0.0342. The average Bonchev–Trinajstić information content (AvgIpc) is 2.83. The molecule has 178 valence electrons. The second-order valence-electron chi connectivity index (χ2n) is 8.39. The van der Waals surface area contributed by atoms with Crippen LogP contribution in [0.3, 0.4) is 0 Å². The minimum atomic E-state index is -3.74. The lowest BCUT2D eigenvalue weighted by Gasteiger charge is -2.26. The first-order chi connectivity index (χ1) is 16.4. The van der Waals surface area contributed by atoms with Crippen LogP contribution >= 0.6 is 0 Å². The predicted molar refractivity (Wildman–Crippen MR) is 132 cm³/mol. The van der Waals surface area contributed by atoms with Crippen LogP contribution < -0.4 is 10.0 Å². The lowest BCUT2D eigenvalue weighted by atomic mass is 10.1. The van der Waals surface area contributed by atoms with Gasteiger partial charge in [-0.05, 0) is 48.4 Å². The number of amides is 1. The Labute approximate surface area is 200 Å². The number of morpholine rings is 1. The van der Waals surface area contributed by atoms with Crippen LogP contribution in [0.5, 0.6) is 0 Å². The van der Waals surface area contributed by atoms with Crippen molar-refractivity contribution in [1.29, 1.82) is 0 Å². The Morgan fingerprint density at radius 2 is 1.65 bits per heavy atom. The van der Waals surface area contributed by atoms with Crippen molar-refractivity contribution >= 4 is 21.6 Å². The predicted octanol–water partition coefficient (Wildman–Crippen LogP) is 3.56. The molecule has 0 aliphatic carbocycles. The van der Waals surface area contributed by atoms with Gasteiger partial charge in [0, 0.05) is 37.4 Å². The zero-order chi connectivity index (χ0) is 24.0. The van der Waals surface area contributed by atoms with Crippen molar-refractivity contribution in [3.05, 3.63) is 95.1 Å². The first-order valence-electron chi connectivity index (χ1n) is 11.2. The van der Waals surface area contributed by atoms with E-state index in [2.05, 4.69) is 27.1 Å². The quantitative estimate of drug-likeness (QED) is 0.516. The Morgan fingerprint density at radius 3 is 2.41 bits per heavy atom. The Kier molecular flexibility index (Phi) is 7.62. The highest BCUT2D eigenvalue weighted by molar-refractivity contribution is 7.92. The van der Waals surface area contributed by atoms with Gasteiger partial charge in [0.25, 0.3) is 15.9 Å². The van der Waals surface area contributed by atoms with E-state index in [-0.39, 0.29) is 10.8 Å². The molecule has 1 saturated heterocycles. The minimum absolute atomic E-state index is 0.171. The second kappa shape index (κ2) is 10.8. The summed E-state index contributed by atoms with van der Waals surface area (Å²) in [4.78, 5) is 15.3. The third-order valence-corrected chi connectivity index (χ3v) is 7.06. The van der Waals surface area contributed by atoms with Gasteiger partial charge in [-0.3, -0.25) is 14.4 Å². The Morgan fingerprint density at radius 1 is 0.941 bits per heavy atom. The van der Waals surface area contributed by atoms with E-state index in [4.69, 9.17) is 4.74 Å². The van der Waals surface area contributed by atoms with Crippen LogP contribution in [0, 0.1) is 6.92 Å². The van der Waals surface area contributed by atoms with Gasteiger partial charge in [-0.15, -0.1) is 0 Å². The standard InChI is InChI=1S/C26H29N3O4S/c1-20-8-10-25(11-9-20)34(31,32)28-24-7-3-6-23(17-24)26(30)27-18-21-4-2-5-22(16-21)19-29-12-14-33-15-13-29/h2-11,16-17,28H,12-15,18-19H2,1H3,(H,27,30). The monoisotopic (exact) mass is 479 g/mol. The van der Waals surface area contributed by atoms with Crippen LogP contribution in [0.25, 0.3) is 0 Å². The summed E-state index contributed by atoms with van der Waals surface area (Å²) < 4.78 is 33.3. The summed E-state index contributed by atoms with van der Waals surface area (Å²) >= 11 is 0. The molecule has 0 aromatic heterocycles. The topological polar surface area (TPSA) is 87.7 Å². The highest BCUT2D eigenvalue weighted by Crippen LogP contribution is 2.18. The number of carbonyl (C=O) groups excluding carboxylic acids is 1. The number of nitrogens with one attached hydrogen (secondary N) is 2. The molecule has 0 unspecified atom stereocenters. The molecule has 1 amide bonds. The molecule has 0 atom stereocenters. The first-order valence-corrected chi connectivity index (χ1v) is 12.7. The highest BCUT2D eigenvalue weighted by Gasteiger charge is 2.15. The third kappa shape index (κ3) is 6.44. The molecule has 1 aliphatic rings. The number of aryl methyl sites for hydroxylation is 1. The van der Waals surface area contributed by atoms with Crippen LogP contribution in [0.15, 0.2) is 77.7 Å². The van der Waals surface area contributed by atoms with Crippen LogP contribution in [0.1, 0.15) is 27.0 Å². The number of nitrogens with zero attached hydrogens (tertiary/aromatic N) is 1. The van der Waals surface area contributed by atoms with E-state index in [0.29, 0.717) is 17.8 Å². The second-order valence-corrected chi connectivity index (χ2v) is 10.1. The third-order valence-electron chi connectivity index (χ3n) is 5.66. The van der Waals surface area contributed by atoms with Crippen molar-refractivity contribution in [2.24, 2.45) is 0 Å². The maximum Gasteiger partial charge on any atom is 0.261 e. The molecule has 1 fully saturated rings. The molecule has 0 saturated carbocycles. The molecule has 2 N–H and O–H groups in total. The molecule has 0 spiro atoms. The van der Waals surface area contributed by atoms with Crippen LogP contribution in [0.2, 0.25) is 0 Å². The van der Waals surface area contributed by atoms with Crippen LogP contribution in [0.4, 0.5) is 5.69 Å². The largest absolute Gasteiger partial charge is 0.379 e. The summed E-state index contributed by atoms with van der Waals surface area (Å²) in [6.45, 7) is 6.50. The molecule has 34 heavy (non-hydrogen) atoms. The number of hydrogen-bond acceptors (Lipinski definition) is 5. The summed E-state index contributed by atoms with van der Waals surface area (Å²) in [6.07, 6.45) is 0. The minimum Gasteiger partial charge on any atom is -0.379 e. The molecular formula is C26H29N3O4S. The normalized spacial score (nSPS) is 14.5. The Bertz CT molecular complexity index is 1240. The number of sulfonamides is 1. The Hall–Kier alpha value is -3.20. The average molecular weight is 480 g/mol. The fourth-order valence-electron chi connectivity index (χ4n) is 3.80. The molecule has 0 radical (unpaired) electrons. The molecule has 8 heteroatoms. The zero-order valence-corrected chi connectivity index (χ0v) is 20.0.